The molecule has 1 fully saturated rings. The van der Waals surface area contributed by atoms with E-state index in [4.69, 9.17) is 9.47 Å². The van der Waals surface area contributed by atoms with E-state index in [0.29, 0.717) is 19.4 Å². The first kappa shape index (κ1) is 20.4. The van der Waals surface area contributed by atoms with Crippen LogP contribution in [0.2, 0.25) is 0 Å². The molecule has 1 heterocycles. The van der Waals surface area contributed by atoms with Crippen LogP contribution in [0.25, 0.3) is 0 Å². The molecule has 1 aromatic carbocycles. The summed E-state index contributed by atoms with van der Waals surface area (Å²) in [6.07, 6.45) is 0.181. The average Bonchev–Trinajstić information content (AvgIpc) is 3.09. The Morgan fingerprint density at radius 1 is 1.15 bits per heavy atom. The lowest BCUT2D eigenvalue weighted by Crippen LogP contribution is -2.46. The van der Waals surface area contributed by atoms with Gasteiger partial charge in [-0.15, -0.1) is 0 Å². The monoisotopic (exact) mass is 376 g/mol. The van der Waals surface area contributed by atoms with Gasteiger partial charge in [0.25, 0.3) is 5.91 Å². The molecular formula is C19H24N2O6. The molecule has 8 heteroatoms. The standard InChI is InChI=1S/C19H24N2O6/c1-13(2)17(20-19(25)27-11-14-7-4-3-5-8-14)18(24)26-12-16(23)21-10-6-9-15(21)22/h3-5,7-8,13,17H,6,9-12H2,1-2H3,(H,20,25)/t17-/m1/s1. The number of hydrogen-bond donors (Lipinski definition) is 1. The van der Waals surface area contributed by atoms with Gasteiger partial charge in [0.05, 0.1) is 0 Å². The molecular weight excluding hydrogens is 352 g/mol. The van der Waals surface area contributed by atoms with Crippen molar-refractivity contribution in [2.45, 2.75) is 39.3 Å². The third kappa shape index (κ3) is 6.09. The van der Waals surface area contributed by atoms with Crippen molar-refractivity contribution in [1.29, 1.82) is 0 Å². The van der Waals surface area contributed by atoms with E-state index < -0.39 is 30.6 Å². The maximum absolute atomic E-state index is 12.2. The van der Waals surface area contributed by atoms with Crippen molar-refractivity contribution in [3.05, 3.63) is 35.9 Å². The lowest BCUT2D eigenvalue weighted by atomic mass is 10.1. The van der Waals surface area contributed by atoms with Gasteiger partial charge in [-0.25, -0.2) is 9.59 Å². The summed E-state index contributed by atoms with van der Waals surface area (Å²) in [5.74, 6) is -1.84. The van der Waals surface area contributed by atoms with E-state index in [1.54, 1.807) is 13.8 Å². The minimum absolute atomic E-state index is 0.0715. The first-order valence-corrected chi connectivity index (χ1v) is 8.85. The molecule has 0 bridgehead atoms. The highest BCUT2D eigenvalue weighted by atomic mass is 16.6. The van der Waals surface area contributed by atoms with Crippen LogP contribution in [0.1, 0.15) is 32.3 Å². The number of carbonyl (C=O) groups is 4. The average molecular weight is 376 g/mol. The molecule has 1 aromatic rings. The fourth-order valence-electron chi connectivity index (χ4n) is 2.60. The summed E-state index contributed by atoms with van der Waals surface area (Å²) in [5.41, 5.74) is 0.817. The summed E-state index contributed by atoms with van der Waals surface area (Å²) in [4.78, 5) is 48.8. The second-order valence-electron chi connectivity index (χ2n) is 6.58. The maximum atomic E-state index is 12.2. The molecule has 1 N–H and O–H groups in total. The third-order valence-corrected chi connectivity index (χ3v) is 4.12. The number of benzene rings is 1. The lowest BCUT2D eigenvalue weighted by Gasteiger charge is -2.21. The third-order valence-electron chi connectivity index (χ3n) is 4.12. The number of esters is 1. The van der Waals surface area contributed by atoms with Gasteiger partial charge in [-0.3, -0.25) is 14.5 Å². The van der Waals surface area contributed by atoms with Crippen molar-refractivity contribution >= 4 is 23.9 Å². The maximum Gasteiger partial charge on any atom is 0.408 e. The lowest BCUT2D eigenvalue weighted by molar-refractivity contribution is -0.156. The Bertz CT molecular complexity index is 689. The molecule has 1 atom stereocenters. The molecule has 27 heavy (non-hydrogen) atoms. The van der Waals surface area contributed by atoms with E-state index in [1.807, 2.05) is 30.3 Å². The van der Waals surface area contributed by atoms with E-state index in [1.165, 1.54) is 0 Å². The van der Waals surface area contributed by atoms with Crippen molar-refractivity contribution in [2.24, 2.45) is 5.92 Å². The quantitative estimate of drug-likeness (QED) is 0.726. The topological polar surface area (TPSA) is 102 Å². The molecule has 3 amide bonds. The molecule has 0 unspecified atom stereocenters. The molecule has 0 saturated carbocycles. The van der Waals surface area contributed by atoms with E-state index in [9.17, 15) is 19.2 Å². The van der Waals surface area contributed by atoms with Gasteiger partial charge >= 0.3 is 12.1 Å². The number of ether oxygens (including phenoxy) is 2. The van der Waals surface area contributed by atoms with E-state index in [0.717, 1.165) is 10.5 Å². The van der Waals surface area contributed by atoms with Gasteiger partial charge in [-0.05, 0) is 17.9 Å². The smallest absolute Gasteiger partial charge is 0.408 e. The number of nitrogens with zero attached hydrogens (tertiary/aromatic N) is 1. The van der Waals surface area contributed by atoms with Crippen LogP contribution in [0.15, 0.2) is 30.3 Å². The highest BCUT2D eigenvalue weighted by Crippen LogP contribution is 2.11. The number of nitrogens with one attached hydrogen (secondary N) is 1. The van der Waals surface area contributed by atoms with Crippen LogP contribution in [0.3, 0.4) is 0 Å². The predicted octanol–water partition coefficient (Wildman–Crippen LogP) is 1.63. The SMILES string of the molecule is CC(C)[C@@H](NC(=O)OCc1ccccc1)C(=O)OCC(=O)N1CCCC1=O. The van der Waals surface area contributed by atoms with Crippen molar-refractivity contribution < 1.29 is 28.7 Å². The summed E-state index contributed by atoms with van der Waals surface area (Å²) in [6, 6.07) is 8.17. The Hall–Kier alpha value is -2.90. The summed E-state index contributed by atoms with van der Waals surface area (Å²) >= 11 is 0. The first-order chi connectivity index (χ1) is 12.9. The van der Waals surface area contributed by atoms with Crippen molar-refractivity contribution in [3.63, 3.8) is 0 Å². The Labute approximate surface area is 157 Å². The Morgan fingerprint density at radius 2 is 1.85 bits per heavy atom. The number of amides is 3. The van der Waals surface area contributed by atoms with Crippen LogP contribution < -0.4 is 5.32 Å². The number of hydrogen-bond acceptors (Lipinski definition) is 6. The number of likely N-dealkylation sites (tertiary alicyclic amines) is 1. The van der Waals surface area contributed by atoms with Crippen LogP contribution in [-0.4, -0.2) is 48.0 Å². The number of carbonyl (C=O) groups excluding carboxylic acids is 4. The summed E-state index contributed by atoms with van der Waals surface area (Å²) in [5, 5.41) is 2.46. The minimum atomic E-state index is -0.963. The van der Waals surface area contributed by atoms with Gasteiger partial charge in [0.2, 0.25) is 5.91 Å². The van der Waals surface area contributed by atoms with Crippen molar-refractivity contribution in [2.75, 3.05) is 13.2 Å². The van der Waals surface area contributed by atoms with Crippen LogP contribution in [0.5, 0.6) is 0 Å². The van der Waals surface area contributed by atoms with Crippen LogP contribution in [0.4, 0.5) is 4.79 Å². The van der Waals surface area contributed by atoms with Gasteiger partial charge in [0, 0.05) is 13.0 Å². The zero-order valence-electron chi connectivity index (χ0n) is 15.5. The van der Waals surface area contributed by atoms with Crippen molar-refractivity contribution in [3.8, 4) is 0 Å². The molecule has 0 radical (unpaired) electrons. The largest absolute Gasteiger partial charge is 0.454 e. The van der Waals surface area contributed by atoms with Crippen molar-refractivity contribution in [1.82, 2.24) is 10.2 Å². The zero-order chi connectivity index (χ0) is 19.8. The van der Waals surface area contributed by atoms with Crippen LogP contribution >= 0.6 is 0 Å². The summed E-state index contributed by atoms with van der Waals surface area (Å²) in [7, 11) is 0. The van der Waals surface area contributed by atoms with E-state index >= 15 is 0 Å². The van der Waals surface area contributed by atoms with E-state index in [2.05, 4.69) is 5.32 Å². The predicted molar refractivity (Wildman–Crippen MR) is 95.3 cm³/mol. The number of alkyl carbamates (subject to hydrolysis) is 1. The molecule has 146 valence electrons. The molecule has 2 rings (SSSR count). The fourth-order valence-corrected chi connectivity index (χ4v) is 2.60. The van der Waals surface area contributed by atoms with Gasteiger partial charge in [-0.2, -0.15) is 0 Å². The normalized spacial score (nSPS) is 14.8. The van der Waals surface area contributed by atoms with Gasteiger partial charge in [0.15, 0.2) is 6.61 Å². The second kappa shape index (κ2) is 9.70. The van der Waals surface area contributed by atoms with Crippen LogP contribution in [-0.2, 0) is 30.5 Å². The molecule has 1 aliphatic heterocycles. The Balaban J connectivity index is 1.82. The van der Waals surface area contributed by atoms with Gasteiger partial charge < -0.3 is 14.8 Å². The summed E-state index contributed by atoms with van der Waals surface area (Å²) in [6.45, 7) is 3.34. The number of imide groups is 1. The zero-order valence-corrected chi connectivity index (χ0v) is 15.5. The fraction of sp³-hybridized carbons (Fsp3) is 0.474. The molecule has 0 spiro atoms. The minimum Gasteiger partial charge on any atom is -0.454 e. The summed E-state index contributed by atoms with van der Waals surface area (Å²) < 4.78 is 10.1. The molecule has 8 nitrogen and oxygen atoms in total. The first-order valence-electron chi connectivity index (χ1n) is 8.85. The van der Waals surface area contributed by atoms with Crippen LogP contribution in [0, 0.1) is 5.92 Å². The molecule has 1 aliphatic rings. The van der Waals surface area contributed by atoms with E-state index in [-0.39, 0.29) is 18.4 Å². The Kier molecular flexibility index (Phi) is 7.34. The molecule has 0 aromatic heterocycles. The molecule has 1 saturated heterocycles. The van der Waals surface area contributed by atoms with Gasteiger partial charge in [0.1, 0.15) is 12.6 Å². The highest BCUT2D eigenvalue weighted by molar-refractivity contribution is 5.97. The molecule has 0 aliphatic carbocycles. The Morgan fingerprint density at radius 3 is 2.44 bits per heavy atom. The highest BCUT2D eigenvalue weighted by Gasteiger charge is 2.30. The second-order valence-corrected chi connectivity index (χ2v) is 6.58. The van der Waals surface area contributed by atoms with Gasteiger partial charge in [-0.1, -0.05) is 44.2 Å². The number of rotatable bonds is 7.